The molecule has 0 heterocycles. The summed E-state index contributed by atoms with van der Waals surface area (Å²) < 4.78 is 13.6. The van der Waals surface area contributed by atoms with Gasteiger partial charge >= 0.3 is 0 Å². The van der Waals surface area contributed by atoms with Crippen LogP contribution >= 0.6 is 0 Å². The minimum atomic E-state index is 0.00574. The summed E-state index contributed by atoms with van der Waals surface area (Å²) in [7, 11) is 0. The average Bonchev–Trinajstić information content (AvgIpc) is 2.19. The average molecular weight is 188 g/mol. The van der Waals surface area contributed by atoms with Crippen molar-refractivity contribution in [3.8, 4) is 0 Å². The molecule has 1 aliphatic rings. The Labute approximate surface area is 83.8 Å². The fourth-order valence-electron chi connectivity index (χ4n) is 1.68. The fourth-order valence-corrected chi connectivity index (χ4v) is 1.68. The van der Waals surface area contributed by atoms with E-state index < -0.39 is 0 Å². The molecule has 0 radical (unpaired) electrons. The third kappa shape index (κ3) is 1.77. The van der Waals surface area contributed by atoms with E-state index in [4.69, 9.17) is 0 Å². The predicted octanol–water partition coefficient (Wildman–Crippen LogP) is 3.96. The second-order valence-electron chi connectivity index (χ2n) is 3.73. The van der Waals surface area contributed by atoms with E-state index in [1.54, 1.807) is 0 Å². The Balaban J connectivity index is 2.37. The molecule has 0 aromatic heterocycles. The zero-order valence-corrected chi connectivity index (χ0v) is 8.20. The maximum Gasteiger partial charge on any atom is 0.108 e. The summed E-state index contributed by atoms with van der Waals surface area (Å²) in [5.74, 6) is 0.327. The van der Waals surface area contributed by atoms with Crippen LogP contribution in [0.25, 0.3) is 5.57 Å². The van der Waals surface area contributed by atoms with E-state index in [1.165, 1.54) is 0 Å². The van der Waals surface area contributed by atoms with Crippen molar-refractivity contribution in [3.63, 3.8) is 0 Å². The van der Waals surface area contributed by atoms with Crippen LogP contribution in [-0.2, 0) is 0 Å². The fraction of sp³-hybridized carbons (Fsp3) is 0.231. The number of hydrogen-bond donors (Lipinski definition) is 0. The van der Waals surface area contributed by atoms with E-state index in [-0.39, 0.29) is 5.83 Å². The van der Waals surface area contributed by atoms with Crippen molar-refractivity contribution in [1.29, 1.82) is 0 Å². The van der Waals surface area contributed by atoms with E-state index in [0.717, 1.165) is 11.1 Å². The number of rotatable bonds is 1. The van der Waals surface area contributed by atoms with Gasteiger partial charge in [0.25, 0.3) is 0 Å². The van der Waals surface area contributed by atoms with Gasteiger partial charge in [-0.3, -0.25) is 0 Å². The smallest absolute Gasteiger partial charge is 0.108 e. The van der Waals surface area contributed by atoms with Crippen molar-refractivity contribution in [2.45, 2.75) is 13.3 Å². The summed E-state index contributed by atoms with van der Waals surface area (Å²) >= 11 is 0. The molecule has 0 N–H and O–H groups in total. The van der Waals surface area contributed by atoms with Gasteiger partial charge in [-0.15, -0.1) is 0 Å². The first-order chi connectivity index (χ1) is 6.77. The van der Waals surface area contributed by atoms with Crippen molar-refractivity contribution >= 4 is 5.57 Å². The number of allylic oxidation sites excluding steroid dienone is 4. The Morgan fingerprint density at radius 3 is 2.57 bits per heavy atom. The van der Waals surface area contributed by atoms with Gasteiger partial charge in [0.15, 0.2) is 0 Å². The second kappa shape index (κ2) is 3.79. The Kier molecular flexibility index (Phi) is 2.49. The Bertz CT molecular complexity index is 373. The molecule has 0 amide bonds. The molecule has 0 spiro atoms. The third-order valence-electron chi connectivity index (χ3n) is 2.47. The van der Waals surface area contributed by atoms with Crippen LogP contribution in [0.4, 0.5) is 4.39 Å². The first-order valence-corrected chi connectivity index (χ1v) is 4.89. The highest BCUT2D eigenvalue weighted by Crippen LogP contribution is 2.30. The van der Waals surface area contributed by atoms with Gasteiger partial charge in [0.1, 0.15) is 5.83 Å². The van der Waals surface area contributed by atoms with Gasteiger partial charge in [0.05, 0.1) is 0 Å². The second-order valence-corrected chi connectivity index (χ2v) is 3.73. The van der Waals surface area contributed by atoms with Crippen LogP contribution in [0.15, 0.2) is 48.3 Å². The Hall–Kier alpha value is -1.37. The lowest BCUT2D eigenvalue weighted by molar-refractivity contribution is 0.540. The first-order valence-electron chi connectivity index (χ1n) is 4.89. The van der Waals surface area contributed by atoms with E-state index in [2.05, 4.69) is 6.08 Å². The Morgan fingerprint density at radius 1 is 1.21 bits per heavy atom. The van der Waals surface area contributed by atoms with Crippen molar-refractivity contribution < 1.29 is 4.39 Å². The highest BCUT2D eigenvalue weighted by molar-refractivity contribution is 5.76. The van der Waals surface area contributed by atoms with Crippen LogP contribution in [0.1, 0.15) is 18.9 Å². The van der Waals surface area contributed by atoms with E-state index in [0.29, 0.717) is 12.3 Å². The minimum Gasteiger partial charge on any atom is -0.211 e. The van der Waals surface area contributed by atoms with Crippen LogP contribution in [0.5, 0.6) is 0 Å². The quantitative estimate of drug-likeness (QED) is 0.625. The summed E-state index contributed by atoms with van der Waals surface area (Å²) in [4.78, 5) is 0. The molecule has 0 bridgehead atoms. The van der Waals surface area contributed by atoms with Gasteiger partial charge in [0, 0.05) is 12.0 Å². The van der Waals surface area contributed by atoms with Crippen molar-refractivity contribution in [2.75, 3.05) is 0 Å². The lowest BCUT2D eigenvalue weighted by atomic mass is 9.93. The molecule has 0 aliphatic heterocycles. The molecule has 1 aromatic carbocycles. The summed E-state index contributed by atoms with van der Waals surface area (Å²) in [5, 5.41) is 0. The number of benzene rings is 1. The molecule has 0 nitrogen and oxygen atoms in total. The van der Waals surface area contributed by atoms with Gasteiger partial charge in [0.2, 0.25) is 0 Å². The normalized spacial score (nSPS) is 21.4. The molecule has 0 fully saturated rings. The van der Waals surface area contributed by atoms with Gasteiger partial charge in [-0.2, -0.15) is 0 Å². The molecule has 1 heteroatoms. The molecule has 2 rings (SSSR count). The van der Waals surface area contributed by atoms with Crippen LogP contribution in [0, 0.1) is 5.92 Å². The van der Waals surface area contributed by atoms with Crippen molar-refractivity contribution in [1.82, 2.24) is 0 Å². The number of hydrogen-bond acceptors (Lipinski definition) is 0. The molecule has 1 atom stereocenters. The Morgan fingerprint density at radius 2 is 1.93 bits per heavy atom. The first kappa shape index (κ1) is 9.20. The maximum atomic E-state index is 13.6. The lowest BCUT2D eigenvalue weighted by Gasteiger charge is -2.14. The summed E-state index contributed by atoms with van der Waals surface area (Å²) in [6, 6.07) is 9.69. The van der Waals surface area contributed by atoms with Crippen LogP contribution in [-0.4, -0.2) is 0 Å². The van der Waals surface area contributed by atoms with Crippen LogP contribution in [0.2, 0.25) is 0 Å². The van der Waals surface area contributed by atoms with Crippen LogP contribution < -0.4 is 0 Å². The van der Waals surface area contributed by atoms with Gasteiger partial charge in [-0.1, -0.05) is 49.4 Å². The largest absolute Gasteiger partial charge is 0.211 e. The molecular weight excluding hydrogens is 175 g/mol. The SMILES string of the molecule is CC1C=CC(c2ccccc2)=C(F)C1. The van der Waals surface area contributed by atoms with E-state index in [9.17, 15) is 4.39 Å². The zero-order valence-electron chi connectivity index (χ0n) is 8.20. The molecule has 1 aromatic rings. The maximum absolute atomic E-state index is 13.6. The highest BCUT2D eigenvalue weighted by atomic mass is 19.1. The monoisotopic (exact) mass is 188 g/mol. The van der Waals surface area contributed by atoms with Gasteiger partial charge in [-0.05, 0) is 11.5 Å². The standard InChI is InChI=1S/C13H13F/c1-10-7-8-12(13(14)9-10)11-5-3-2-4-6-11/h2-8,10H,9H2,1H3. The van der Waals surface area contributed by atoms with Crippen molar-refractivity contribution in [2.24, 2.45) is 5.92 Å². The number of halogens is 1. The molecule has 0 saturated carbocycles. The van der Waals surface area contributed by atoms with Crippen LogP contribution in [0.3, 0.4) is 0 Å². The van der Waals surface area contributed by atoms with Gasteiger partial charge < -0.3 is 0 Å². The minimum absolute atomic E-state index is 0.00574. The third-order valence-corrected chi connectivity index (χ3v) is 2.47. The zero-order chi connectivity index (χ0) is 9.97. The van der Waals surface area contributed by atoms with Crippen molar-refractivity contribution in [3.05, 3.63) is 53.9 Å². The summed E-state index contributed by atoms with van der Waals surface area (Å²) in [5.41, 5.74) is 1.71. The summed E-state index contributed by atoms with van der Waals surface area (Å²) in [6.45, 7) is 2.03. The van der Waals surface area contributed by atoms with Gasteiger partial charge in [-0.25, -0.2) is 4.39 Å². The molecule has 72 valence electrons. The molecular formula is C13H13F. The molecule has 14 heavy (non-hydrogen) atoms. The topological polar surface area (TPSA) is 0 Å². The highest BCUT2D eigenvalue weighted by Gasteiger charge is 2.13. The lowest BCUT2D eigenvalue weighted by Crippen LogP contribution is -1.98. The molecule has 1 aliphatic carbocycles. The molecule has 0 saturated heterocycles. The summed E-state index contributed by atoms with van der Waals surface area (Å²) in [6.07, 6.45) is 4.48. The van der Waals surface area contributed by atoms with E-state index >= 15 is 0 Å². The predicted molar refractivity (Wildman–Crippen MR) is 57.4 cm³/mol. The molecule has 1 unspecified atom stereocenters. The van der Waals surface area contributed by atoms with E-state index in [1.807, 2.05) is 43.3 Å².